The number of urea groups is 1. The molecule has 0 spiro atoms. The highest BCUT2D eigenvalue weighted by Crippen LogP contribution is 2.23. The number of carbonyl (C=O) groups is 1. The van der Waals surface area contributed by atoms with Gasteiger partial charge in [0.2, 0.25) is 0 Å². The fourth-order valence-electron chi connectivity index (χ4n) is 2.94. The van der Waals surface area contributed by atoms with Gasteiger partial charge in [-0.1, -0.05) is 12.1 Å². The number of nitrogens with one attached hydrogen (secondary N) is 2. The van der Waals surface area contributed by atoms with Crippen molar-refractivity contribution < 1.29 is 13.9 Å². The van der Waals surface area contributed by atoms with Crippen molar-refractivity contribution in [3.63, 3.8) is 0 Å². The fraction of sp³-hybridized carbons (Fsp3) is 0.350. The van der Waals surface area contributed by atoms with E-state index in [0.29, 0.717) is 13.0 Å². The number of benzene rings is 2. The van der Waals surface area contributed by atoms with Crippen LogP contribution in [0.15, 0.2) is 42.5 Å². The molecule has 2 aromatic rings. The second-order valence-corrected chi connectivity index (χ2v) is 6.36. The van der Waals surface area contributed by atoms with Gasteiger partial charge in [0.05, 0.1) is 13.2 Å². The Labute approximate surface area is 153 Å². The Bertz CT molecular complexity index is 743. The largest absolute Gasteiger partial charge is 0.378 e. The first kappa shape index (κ1) is 18.2. The molecule has 2 N–H and O–H groups in total. The molecule has 1 saturated heterocycles. The Kier molecular flexibility index (Phi) is 6.07. The molecule has 1 aliphatic heterocycles. The van der Waals surface area contributed by atoms with Crippen LogP contribution in [0.3, 0.4) is 0 Å². The summed E-state index contributed by atoms with van der Waals surface area (Å²) in [5, 5.41) is 5.71. The molecule has 0 aromatic heterocycles. The minimum atomic E-state index is -0.254. The Balaban J connectivity index is 1.49. The van der Waals surface area contributed by atoms with Gasteiger partial charge in [-0.25, -0.2) is 9.18 Å². The van der Waals surface area contributed by atoms with E-state index in [9.17, 15) is 9.18 Å². The SMILES string of the molecule is Cc1cc(N2CCOCC2)ccc1NC(=O)NCCc1ccc(F)cc1. The summed E-state index contributed by atoms with van der Waals surface area (Å²) in [7, 11) is 0. The second-order valence-electron chi connectivity index (χ2n) is 6.36. The first-order valence-corrected chi connectivity index (χ1v) is 8.84. The van der Waals surface area contributed by atoms with Gasteiger partial charge in [-0.15, -0.1) is 0 Å². The number of amides is 2. The monoisotopic (exact) mass is 357 g/mol. The number of anilines is 2. The summed E-state index contributed by atoms with van der Waals surface area (Å²) in [6, 6.07) is 12.1. The fourth-order valence-corrected chi connectivity index (χ4v) is 2.94. The average molecular weight is 357 g/mol. The minimum Gasteiger partial charge on any atom is -0.378 e. The molecular weight excluding hydrogens is 333 g/mol. The van der Waals surface area contributed by atoms with Crippen LogP contribution in [0.5, 0.6) is 0 Å². The lowest BCUT2D eigenvalue weighted by molar-refractivity contribution is 0.122. The Hall–Kier alpha value is -2.60. The van der Waals surface area contributed by atoms with E-state index in [1.807, 2.05) is 19.1 Å². The van der Waals surface area contributed by atoms with Gasteiger partial charge in [-0.3, -0.25) is 0 Å². The zero-order valence-electron chi connectivity index (χ0n) is 14.9. The molecule has 1 fully saturated rings. The topological polar surface area (TPSA) is 53.6 Å². The van der Waals surface area contributed by atoms with Crippen molar-refractivity contribution in [2.45, 2.75) is 13.3 Å². The summed E-state index contributed by atoms with van der Waals surface area (Å²) in [4.78, 5) is 14.4. The summed E-state index contributed by atoms with van der Waals surface area (Å²) in [5.74, 6) is -0.254. The summed E-state index contributed by atoms with van der Waals surface area (Å²) < 4.78 is 18.3. The summed E-state index contributed by atoms with van der Waals surface area (Å²) >= 11 is 0. The van der Waals surface area contributed by atoms with Crippen molar-refractivity contribution in [2.75, 3.05) is 43.1 Å². The van der Waals surface area contributed by atoms with E-state index in [-0.39, 0.29) is 11.8 Å². The van der Waals surface area contributed by atoms with Gasteiger partial charge in [0, 0.05) is 31.0 Å². The third-order valence-corrected chi connectivity index (χ3v) is 4.45. The molecule has 3 rings (SSSR count). The number of aryl methyl sites for hydroxylation is 1. The van der Waals surface area contributed by atoms with Crippen molar-refractivity contribution in [2.24, 2.45) is 0 Å². The van der Waals surface area contributed by atoms with Crippen LogP contribution in [0, 0.1) is 12.7 Å². The predicted molar refractivity (Wildman–Crippen MR) is 101 cm³/mol. The van der Waals surface area contributed by atoms with Gasteiger partial charge in [0.1, 0.15) is 5.82 Å². The van der Waals surface area contributed by atoms with Gasteiger partial charge in [0.25, 0.3) is 0 Å². The highest BCUT2D eigenvalue weighted by atomic mass is 19.1. The lowest BCUT2D eigenvalue weighted by atomic mass is 10.1. The standard InChI is InChI=1S/C20H24FN3O2/c1-15-14-18(24-10-12-26-13-11-24)6-7-19(15)23-20(25)22-9-8-16-2-4-17(21)5-3-16/h2-7,14H,8-13H2,1H3,(H2,22,23,25). The second kappa shape index (κ2) is 8.67. The van der Waals surface area contributed by atoms with Crippen molar-refractivity contribution >= 4 is 17.4 Å². The van der Waals surface area contributed by atoms with E-state index in [0.717, 1.165) is 48.8 Å². The molecule has 0 saturated carbocycles. The molecule has 0 atom stereocenters. The van der Waals surface area contributed by atoms with E-state index >= 15 is 0 Å². The summed E-state index contributed by atoms with van der Waals surface area (Å²) in [6.07, 6.45) is 0.655. The number of morpholine rings is 1. The zero-order chi connectivity index (χ0) is 18.4. The maximum atomic E-state index is 12.9. The minimum absolute atomic E-state index is 0.241. The van der Waals surface area contributed by atoms with E-state index in [2.05, 4.69) is 21.6 Å². The lowest BCUT2D eigenvalue weighted by Gasteiger charge is -2.29. The number of nitrogens with zero attached hydrogens (tertiary/aromatic N) is 1. The molecule has 5 nitrogen and oxygen atoms in total. The molecule has 0 bridgehead atoms. The van der Waals surface area contributed by atoms with Gasteiger partial charge in [-0.2, -0.15) is 0 Å². The maximum absolute atomic E-state index is 12.9. The van der Waals surface area contributed by atoms with Gasteiger partial charge >= 0.3 is 6.03 Å². The third kappa shape index (κ3) is 4.95. The van der Waals surface area contributed by atoms with E-state index in [1.54, 1.807) is 12.1 Å². The van der Waals surface area contributed by atoms with E-state index in [4.69, 9.17) is 4.74 Å². The molecule has 138 valence electrons. The van der Waals surface area contributed by atoms with Gasteiger partial charge < -0.3 is 20.3 Å². The van der Waals surface area contributed by atoms with Crippen LogP contribution in [0.4, 0.5) is 20.6 Å². The molecular formula is C20H24FN3O2. The molecule has 1 aliphatic rings. The molecule has 0 aliphatic carbocycles. The van der Waals surface area contributed by atoms with Crippen LogP contribution in [0.1, 0.15) is 11.1 Å². The zero-order valence-corrected chi connectivity index (χ0v) is 14.9. The maximum Gasteiger partial charge on any atom is 0.319 e. The van der Waals surface area contributed by atoms with Crippen molar-refractivity contribution in [3.8, 4) is 0 Å². The Morgan fingerprint density at radius 2 is 1.88 bits per heavy atom. The lowest BCUT2D eigenvalue weighted by Crippen LogP contribution is -2.36. The van der Waals surface area contributed by atoms with Gasteiger partial charge in [0.15, 0.2) is 0 Å². The average Bonchev–Trinajstić information content (AvgIpc) is 2.66. The van der Waals surface area contributed by atoms with Crippen LogP contribution in [-0.2, 0) is 11.2 Å². The first-order chi connectivity index (χ1) is 12.6. The molecule has 2 aromatic carbocycles. The van der Waals surface area contributed by atoms with Crippen LogP contribution in [0.2, 0.25) is 0 Å². The number of hydrogen-bond acceptors (Lipinski definition) is 3. The predicted octanol–water partition coefficient (Wildman–Crippen LogP) is 3.33. The highest BCUT2D eigenvalue weighted by molar-refractivity contribution is 5.90. The molecule has 0 unspecified atom stereocenters. The molecule has 2 amide bonds. The molecule has 6 heteroatoms. The Morgan fingerprint density at radius 3 is 2.58 bits per heavy atom. The first-order valence-electron chi connectivity index (χ1n) is 8.84. The number of hydrogen-bond donors (Lipinski definition) is 2. The Morgan fingerprint density at radius 1 is 1.15 bits per heavy atom. The normalized spacial score (nSPS) is 14.2. The van der Waals surface area contributed by atoms with Crippen LogP contribution in [0.25, 0.3) is 0 Å². The van der Waals surface area contributed by atoms with E-state index < -0.39 is 0 Å². The van der Waals surface area contributed by atoms with Crippen LogP contribution < -0.4 is 15.5 Å². The van der Waals surface area contributed by atoms with Crippen molar-refractivity contribution in [3.05, 3.63) is 59.4 Å². The molecule has 0 radical (unpaired) electrons. The number of carbonyl (C=O) groups excluding carboxylic acids is 1. The summed E-state index contributed by atoms with van der Waals surface area (Å²) in [6.45, 7) is 5.73. The smallest absolute Gasteiger partial charge is 0.319 e. The number of halogens is 1. The van der Waals surface area contributed by atoms with Crippen molar-refractivity contribution in [1.82, 2.24) is 5.32 Å². The number of rotatable bonds is 5. The number of ether oxygens (including phenoxy) is 1. The third-order valence-electron chi connectivity index (χ3n) is 4.45. The van der Waals surface area contributed by atoms with Crippen LogP contribution in [-0.4, -0.2) is 38.9 Å². The van der Waals surface area contributed by atoms with Crippen LogP contribution >= 0.6 is 0 Å². The molecule has 26 heavy (non-hydrogen) atoms. The van der Waals surface area contributed by atoms with Gasteiger partial charge in [-0.05, 0) is 54.8 Å². The van der Waals surface area contributed by atoms with E-state index in [1.165, 1.54) is 12.1 Å². The molecule has 1 heterocycles. The summed E-state index contributed by atoms with van der Waals surface area (Å²) in [5.41, 5.74) is 3.94. The van der Waals surface area contributed by atoms with Crippen molar-refractivity contribution in [1.29, 1.82) is 0 Å². The highest BCUT2D eigenvalue weighted by Gasteiger charge is 2.12. The quantitative estimate of drug-likeness (QED) is 0.863.